The normalized spacial score (nSPS) is 19.5. The third-order valence-corrected chi connectivity index (χ3v) is 7.13. The molecule has 184 valence electrons. The summed E-state index contributed by atoms with van der Waals surface area (Å²) in [6.45, 7) is 2.77. The summed E-state index contributed by atoms with van der Waals surface area (Å²) in [6, 6.07) is 10.7. The summed E-state index contributed by atoms with van der Waals surface area (Å²) in [5.74, 6) is 1.43. The summed E-state index contributed by atoms with van der Waals surface area (Å²) in [5.41, 5.74) is 3.76. The quantitative estimate of drug-likeness (QED) is 0.561. The van der Waals surface area contributed by atoms with E-state index in [1.807, 2.05) is 30.3 Å². The largest absolute Gasteiger partial charge is 0.493 e. The van der Waals surface area contributed by atoms with Crippen LogP contribution in [-0.2, 0) is 16.0 Å². The smallest absolute Gasteiger partial charge is 0.246 e. The molecule has 5 rings (SSSR count). The first-order valence-electron chi connectivity index (χ1n) is 12.0. The molecule has 8 nitrogen and oxygen atoms in total. The van der Waals surface area contributed by atoms with Gasteiger partial charge in [-0.05, 0) is 35.7 Å². The van der Waals surface area contributed by atoms with E-state index in [0.717, 1.165) is 40.6 Å². The molecule has 3 aromatic rings. The molecular weight excluding hydrogens is 446 g/mol. The molecule has 0 bridgehead atoms. The Labute approximate surface area is 204 Å². The van der Waals surface area contributed by atoms with Crippen molar-refractivity contribution in [2.75, 3.05) is 34.4 Å². The predicted molar refractivity (Wildman–Crippen MR) is 132 cm³/mol. The minimum atomic E-state index is -0.566. The van der Waals surface area contributed by atoms with E-state index in [2.05, 4.69) is 18.0 Å². The number of hydrogen-bond acceptors (Lipinski definition) is 5. The molecule has 8 heteroatoms. The molecule has 1 aromatic heterocycles. The second kappa shape index (κ2) is 9.17. The lowest BCUT2D eigenvalue weighted by molar-refractivity contribution is -0.158. The molecule has 2 aromatic carbocycles. The lowest BCUT2D eigenvalue weighted by Gasteiger charge is -2.47. The number of rotatable bonds is 7. The Balaban J connectivity index is 1.71. The number of aromatic amines is 1. The Morgan fingerprint density at radius 2 is 1.74 bits per heavy atom. The van der Waals surface area contributed by atoms with Crippen molar-refractivity contribution in [1.29, 1.82) is 0 Å². The number of hydrogen-bond donors (Lipinski definition) is 1. The van der Waals surface area contributed by atoms with E-state index in [1.54, 1.807) is 31.1 Å². The number of ether oxygens (including phenoxy) is 3. The molecule has 35 heavy (non-hydrogen) atoms. The summed E-state index contributed by atoms with van der Waals surface area (Å²) in [4.78, 5) is 34.3. The van der Waals surface area contributed by atoms with Gasteiger partial charge in [-0.15, -0.1) is 0 Å². The van der Waals surface area contributed by atoms with Crippen molar-refractivity contribution in [2.24, 2.45) is 0 Å². The molecule has 1 fully saturated rings. The fourth-order valence-electron chi connectivity index (χ4n) is 5.47. The Morgan fingerprint density at radius 1 is 1.03 bits per heavy atom. The van der Waals surface area contributed by atoms with Crippen LogP contribution in [0.5, 0.6) is 17.2 Å². The van der Waals surface area contributed by atoms with Gasteiger partial charge in [-0.25, -0.2) is 0 Å². The number of benzene rings is 2. The fraction of sp³-hybridized carbons (Fsp3) is 0.407. The van der Waals surface area contributed by atoms with Gasteiger partial charge in [0.1, 0.15) is 6.04 Å². The summed E-state index contributed by atoms with van der Waals surface area (Å²) in [7, 11) is 4.70. The molecule has 1 N–H and O–H groups in total. The van der Waals surface area contributed by atoms with Crippen LogP contribution < -0.4 is 14.2 Å². The highest BCUT2D eigenvalue weighted by Crippen LogP contribution is 2.46. The number of fused-ring (bicyclic) bond motifs is 4. The monoisotopic (exact) mass is 477 g/mol. The molecule has 1 saturated heterocycles. The number of methoxy groups -OCH3 is 3. The van der Waals surface area contributed by atoms with Gasteiger partial charge in [0, 0.05) is 29.6 Å². The molecule has 2 atom stereocenters. The fourth-order valence-corrected chi connectivity index (χ4v) is 5.47. The van der Waals surface area contributed by atoms with Crippen LogP contribution in [0, 0.1) is 0 Å². The van der Waals surface area contributed by atoms with Crippen molar-refractivity contribution >= 4 is 22.7 Å². The van der Waals surface area contributed by atoms with Crippen molar-refractivity contribution in [3.05, 3.63) is 53.2 Å². The molecule has 0 unspecified atom stereocenters. The number of H-pyrrole nitrogens is 1. The van der Waals surface area contributed by atoms with Gasteiger partial charge in [0.15, 0.2) is 11.5 Å². The van der Waals surface area contributed by atoms with Gasteiger partial charge >= 0.3 is 0 Å². The highest BCUT2D eigenvalue weighted by molar-refractivity contribution is 5.97. The van der Waals surface area contributed by atoms with Crippen LogP contribution in [0.25, 0.3) is 10.9 Å². The maximum absolute atomic E-state index is 13.7. The van der Waals surface area contributed by atoms with E-state index in [0.29, 0.717) is 30.2 Å². The Morgan fingerprint density at radius 3 is 2.40 bits per heavy atom. The lowest BCUT2D eigenvalue weighted by Crippen LogP contribution is -2.63. The molecule has 2 aliphatic heterocycles. The van der Waals surface area contributed by atoms with Crippen LogP contribution in [0.2, 0.25) is 0 Å². The Bertz CT molecular complexity index is 1260. The second-order valence-corrected chi connectivity index (χ2v) is 9.06. The van der Waals surface area contributed by atoms with Crippen LogP contribution in [0.1, 0.15) is 42.6 Å². The van der Waals surface area contributed by atoms with Gasteiger partial charge in [0.05, 0.1) is 33.9 Å². The Kier molecular flexibility index (Phi) is 6.05. The van der Waals surface area contributed by atoms with Crippen molar-refractivity contribution in [1.82, 2.24) is 14.8 Å². The third kappa shape index (κ3) is 3.68. The molecule has 2 amide bonds. The number of nitrogens with zero attached hydrogens (tertiary/aromatic N) is 2. The molecule has 0 aliphatic carbocycles. The molecule has 0 saturated carbocycles. The highest BCUT2D eigenvalue weighted by Gasteiger charge is 2.48. The lowest BCUT2D eigenvalue weighted by atomic mass is 9.86. The third-order valence-electron chi connectivity index (χ3n) is 7.13. The van der Waals surface area contributed by atoms with Crippen LogP contribution in [0.3, 0.4) is 0 Å². The molecule has 2 aliphatic rings. The molecule has 0 spiro atoms. The topological polar surface area (TPSA) is 84.1 Å². The average molecular weight is 478 g/mol. The molecular formula is C27H31N3O5. The van der Waals surface area contributed by atoms with Crippen LogP contribution in [-0.4, -0.2) is 67.1 Å². The second-order valence-electron chi connectivity index (χ2n) is 9.06. The number of piperazine rings is 1. The van der Waals surface area contributed by atoms with Crippen LogP contribution in [0.15, 0.2) is 36.4 Å². The minimum absolute atomic E-state index is 0.00595. The van der Waals surface area contributed by atoms with Gasteiger partial charge in [0.25, 0.3) is 0 Å². The minimum Gasteiger partial charge on any atom is -0.493 e. The van der Waals surface area contributed by atoms with Gasteiger partial charge in [-0.2, -0.15) is 0 Å². The zero-order chi connectivity index (χ0) is 24.7. The number of nitrogens with one attached hydrogen (secondary N) is 1. The average Bonchev–Trinajstić information content (AvgIpc) is 3.26. The van der Waals surface area contributed by atoms with Crippen molar-refractivity contribution < 1.29 is 23.8 Å². The van der Waals surface area contributed by atoms with Gasteiger partial charge in [0.2, 0.25) is 17.6 Å². The molecule has 0 radical (unpaired) electrons. The van der Waals surface area contributed by atoms with Crippen LogP contribution >= 0.6 is 0 Å². The number of para-hydroxylation sites is 1. The molecule has 3 heterocycles. The van der Waals surface area contributed by atoms with Crippen molar-refractivity contribution in [2.45, 2.75) is 38.3 Å². The van der Waals surface area contributed by atoms with E-state index in [9.17, 15) is 9.59 Å². The van der Waals surface area contributed by atoms with E-state index in [-0.39, 0.29) is 18.4 Å². The highest BCUT2D eigenvalue weighted by atomic mass is 16.5. The standard InChI is InChI=1S/C27H31N3O5/c1-5-6-11-29-15-23(31)30-20(27(29)32)14-18-17-9-7-8-10-19(17)28-24(18)25(30)16-12-21(33-2)26(35-4)22(13-16)34-3/h7-10,12-13,20,25,28H,5-6,11,14-15H2,1-4H3/t20-,25-/m1/s1. The zero-order valence-corrected chi connectivity index (χ0v) is 20.6. The summed E-state index contributed by atoms with van der Waals surface area (Å²) >= 11 is 0. The van der Waals surface area contributed by atoms with Crippen molar-refractivity contribution in [3.63, 3.8) is 0 Å². The Hall–Kier alpha value is -3.68. The van der Waals surface area contributed by atoms with Crippen molar-refractivity contribution in [3.8, 4) is 17.2 Å². The van der Waals surface area contributed by atoms with Gasteiger partial charge < -0.3 is 29.0 Å². The van der Waals surface area contributed by atoms with E-state index in [1.165, 1.54) is 0 Å². The maximum atomic E-state index is 13.7. The van der Waals surface area contributed by atoms with E-state index >= 15 is 0 Å². The van der Waals surface area contributed by atoms with Crippen LogP contribution in [0.4, 0.5) is 0 Å². The predicted octanol–water partition coefficient (Wildman–Crippen LogP) is 3.68. The van der Waals surface area contributed by atoms with E-state index < -0.39 is 12.1 Å². The number of aromatic nitrogens is 1. The number of carbonyl (C=O) groups is 2. The summed E-state index contributed by atoms with van der Waals surface area (Å²) in [5, 5.41) is 1.07. The SMILES string of the molecule is CCCCN1CC(=O)N2[C@H](c3cc(OC)c(OC)c(OC)c3)c3[nH]c4ccccc4c3C[C@@H]2C1=O. The zero-order valence-electron chi connectivity index (χ0n) is 20.6. The number of amides is 2. The first-order chi connectivity index (χ1) is 17.0. The first kappa shape index (κ1) is 23.1. The van der Waals surface area contributed by atoms with Gasteiger partial charge in [-0.3, -0.25) is 9.59 Å². The number of unbranched alkanes of at least 4 members (excludes halogenated alkanes) is 1. The first-order valence-corrected chi connectivity index (χ1v) is 12.0. The number of carbonyl (C=O) groups excluding carboxylic acids is 2. The maximum Gasteiger partial charge on any atom is 0.246 e. The summed E-state index contributed by atoms with van der Waals surface area (Å²) in [6.07, 6.45) is 2.32. The van der Waals surface area contributed by atoms with E-state index in [4.69, 9.17) is 14.2 Å². The summed E-state index contributed by atoms with van der Waals surface area (Å²) < 4.78 is 16.7. The van der Waals surface area contributed by atoms with Gasteiger partial charge in [-0.1, -0.05) is 31.5 Å².